The molecule has 2 rings (SSSR count). The van der Waals surface area contributed by atoms with E-state index in [9.17, 15) is 10.1 Å². The van der Waals surface area contributed by atoms with E-state index in [1.165, 1.54) is 6.07 Å². The summed E-state index contributed by atoms with van der Waals surface area (Å²) in [6, 6.07) is 1.40. The number of nitrogens with zero attached hydrogens (tertiary/aromatic N) is 5. The third-order valence-electron chi connectivity index (χ3n) is 2.65. The minimum absolute atomic E-state index is 0.121. The molecule has 0 fully saturated rings. The standard InChI is InChI=1S/C11H15N5O2/c1-9(2)11-12-4-6-14(11)7-8-15-5-3-10(13-15)16(17)18/h3-6,9H,7-8H2,1-2H3. The van der Waals surface area contributed by atoms with Crippen molar-refractivity contribution in [3.8, 4) is 0 Å². The first-order chi connectivity index (χ1) is 8.58. The molecular formula is C11H15N5O2. The number of aromatic nitrogens is 4. The maximum Gasteiger partial charge on any atom is 0.389 e. The van der Waals surface area contributed by atoms with Crippen LogP contribution in [-0.2, 0) is 13.1 Å². The Kier molecular flexibility index (Phi) is 3.40. The molecule has 0 saturated carbocycles. The molecule has 0 atom stereocenters. The van der Waals surface area contributed by atoms with E-state index >= 15 is 0 Å². The van der Waals surface area contributed by atoms with Crippen molar-refractivity contribution in [3.63, 3.8) is 0 Å². The maximum atomic E-state index is 10.5. The summed E-state index contributed by atoms with van der Waals surface area (Å²) in [5.41, 5.74) is 0. The van der Waals surface area contributed by atoms with E-state index in [1.54, 1.807) is 17.1 Å². The zero-order chi connectivity index (χ0) is 13.1. The topological polar surface area (TPSA) is 78.8 Å². The van der Waals surface area contributed by atoms with Crippen LogP contribution < -0.4 is 0 Å². The third-order valence-corrected chi connectivity index (χ3v) is 2.65. The van der Waals surface area contributed by atoms with Gasteiger partial charge >= 0.3 is 5.82 Å². The first-order valence-corrected chi connectivity index (χ1v) is 5.77. The molecular weight excluding hydrogens is 234 g/mol. The predicted molar refractivity (Wildman–Crippen MR) is 65.2 cm³/mol. The second-order valence-corrected chi connectivity index (χ2v) is 4.33. The number of aryl methyl sites for hydroxylation is 2. The van der Waals surface area contributed by atoms with E-state index in [-0.39, 0.29) is 5.82 Å². The van der Waals surface area contributed by atoms with Gasteiger partial charge in [0.2, 0.25) is 0 Å². The highest BCUT2D eigenvalue weighted by molar-refractivity contribution is 5.13. The van der Waals surface area contributed by atoms with Gasteiger partial charge in [-0.15, -0.1) is 0 Å². The van der Waals surface area contributed by atoms with Crippen molar-refractivity contribution in [2.75, 3.05) is 0 Å². The molecule has 0 radical (unpaired) electrons. The summed E-state index contributed by atoms with van der Waals surface area (Å²) in [6.07, 6.45) is 5.29. The van der Waals surface area contributed by atoms with Crippen LogP contribution in [-0.4, -0.2) is 24.3 Å². The smallest absolute Gasteiger partial charge is 0.358 e. The summed E-state index contributed by atoms with van der Waals surface area (Å²) in [7, 11) is 0. The molecule has 0 aromatic carbocycles. The van der Waals surface area contributed by atoms with Crippen molar-refractivity contribution in [3.05, 3.63) is 40.6 Å². The number of nitro groups is 1. The van der Waals surface area contributed by atoms with Gasteiger partial charge in [0, 0.05) is 24.9 Å². The Morgan fingerprint density at radius 1 is 1.39 bits per heavy atom. The molecule has 0 N–H and O–H groups in total. The van der Waals surface area contributed by atoms with Crippen molar-refractivity contribution in [2.24, 2.45) is 0 Å². The van der Waals surface area contributed by atoms with Crippen molar-refractivity contribution in [2.45, 2.75) is 32.9 Å². The predicted octanol–water partition coefficient (Wildman–Crippen LogP) is 1.81. The van der Waals surface area contributed by atoms with Crippen LogP contribution in [0.3, 0.4) is 0 Å². The minimum atomic E-state index is -0.493. The van der Waals surface area contributed by atoms with Crippen molar-refractivity contribution >= 4 is 5.82 Å². The Bertz CT molecular complexity index is 543. The average Bonchev–Trinajstić information content (AvgIpc) is 2.95. The van der Waals surface area contributed by atoms with Gasteiger partial charge in [-0.1, -0.05) is 13.8 Å². The molecule has 2 heterocycles. The van der Waals surface area contributed by atoms with Gasteiger partial charge in [0.1, 0.15) is 5.82 Å². The number of hydrogen-bond acceptors (Lipinski definition) is 4. The summed E-state index contributed by atoms with van der Waals surface area (Å²) < 4.78 is 3.61. The van der Waals surface area contributed by atoms with Crippen LogP contribution in [0.25, 0.3) is 0 Å². The molecule has 7 nitrogen and oxygen atoms in total. The van der Waals surface area contributed by atoms with Crippen molar-refractivity contribution in [1.82, 2.24) is 19.3 Å². The molecule has 7 heteroatoms. The second-order valence-electron chi connectivity index (χ2n) is 4.33. The van der Waals surface area contributed by atoms with Gasteiger partial charge in [-0.05, 0) is 4.92 Å². The Hall–Kier alpha value is -2.18. The zero-order valence-corrected chi connectivity index (χ0v) is 10.4. The van der Waals surface area contributed by atoms with Gasteiger partial charge in [0.25, 0.3) is 0 Å². The van der Waals surface area contributed by atoms with E-state index in [4.69, 9.17) is 0 Å². The van der Waals surface area contributed by atoms with Crippen LogP contribution in [0.5, 0.6) is 0 Å². The normalized spacial score (nSPS) is 11.1. The molecule has 2 aromatic heterocycles. The van der Waals surface area contributed by atoms with E-state index in [0.29, 0.717) is 19.0 Å². The fourth-order valence-electron chi connectivity index (χ4n) is 1.79. The summed E-state index contributed by atoms with van der Waals surface area (Å²) in [5.74, 6) is 1.24. The lowest BCUT2D eigenvalue weighted by Crippen LogP contribution is -2.11. The quantitative estimate of drug-likeness (QED) is 0.598. The number of hydrogen-bond donors (Lipinski definition) is 0. The molecule has 0 saturated heterocycles. The van der Waals surface area contributed by atoms with Gasteiger partial charge in [0.05, 0.1) is 23.9 Å². The molecule has 0 aliphatic rings. The Labute approximate surface area is 104 Å². The highest BCUT2D eigenvalue weighted by atomic mass is 16.6. The van der Waals surface area contributed by atoms with E-state index < -0.39 is 4.92 Å². The molecule has 2 aromatic rings. The lowest BCUT2D eigenvalue weighted by molar-refractivity contribution is -0.389. The fraction of sp³-hybridized carbons (Fsp3) is 0.455. The van der Waals surface area contributed by atoms with E-state index in [1.807, 2.05) is 10.8 Å². The number of imidazole rings is 1. The molecule has 0 spiro atoms. The van der Waals surface area contributed by atoms with E-state index in [0.717, 1.165) is 5.82 Å². The van der Waals surface area contributed by atoms with E-state index in [2.05, 4.69) is 23.9 Å². The molecule has 0 aliphatic heterocycles. The van der Waals surface area contributed by atoms with Crippen LogP contribution in [0.2, 0.25) is 0 Å². The molecule has 0 amide bonds. The second kappa shape index (κ2) is 4.99. The fourth-order valence-corrected chi connectivity index (χ4v) is 1.79. The average molecular weight is 249 g/mol. The van der Waals surface area contributed by atoms with Gasteiger partial charge in [-0.25, -0.2) is 4.98 Å². The molecule has 96 valence electrons. The van der Waals surface area contributed by atoms with Gasteiger partial charge in [-0.2, -0.15) is 4.68 Å². The molecule has 0 bridgehead atoms. The molecule has 0 aliphatic carbocycles. The highest BCUT2D eigenvalue weighted by Gasteiger charge is 2.11. The minimum Gasteiger partial charge on any atom is -0.358 e. The number of rotatable bonds is 5. The lowest BCUT2D eigenvalue weighted by Gasteiger charge is -2.08. The Morgan fingerprint density at radius 3 is 2.78 bits per heavy atom. The summed E-state index contributed by atoms with van der Waals surface area (Å²) in [4.78, 5) is 14.3. The van der Waals surface area contributed by atoms with Crippen molar-refractivity contribution in [1.29, 1.82) is 0 Å². The Balaban J connectivity index is 2.02. The molecule has 18 heavy (non-hydrogen) atoms. The van der Waals surface area contributed by atoms with Crippen molar-refractivity contribution < 1.29 is 4.92 Å². The SMILES string of the molecule is CC(C)c1nccn1CCn1ccc([N+](=O)[O-])n1. The maximum absolute atomic E-state index is 10.5. The van der Waals surface area contributed by atoms with Crippen LogP contribution in [0.15, 0.2) is 24.7 Å². The van der Waals surface area contributed by atoms with Crippen LogP contribution in [0.4, 0.5) is 5.82 Å². The van der Waals surface area contributed by atoms with Crippen LogP contribution in [0.1, 0.15) is 25.6 Å². The summed E-state index contributed by atoms with van der Waals surface area (Å²) >= 11 is 0. The summed E-state index contributed by atoms with van der Waals surface area (Å²) in [5, 5.41) is 14.4. The highest BCUT2D eigenvalue weighted by Crippen LogP contribution is 2.12. The van der Waals surface area contributed by atoms with Gasteiger partial charge in [0.15, 0.2) is 0 Å². The molecule has 0 unspecified atom stereocenters. The first kappa shape index (κ1) is 12.3. The Morgan fingerprint density at radius 2 is 2.17 bits per heavy atom. The largest absolute Gasteiger partial charge is 0.389 e. The third kappa shape index (κ3) is 2.55. The van der Waals surface area contributed by atoms with Gasteiger partial charge in [-0.3, -0.25) is 0 Å². The first-order valence-electron chi connectivity index (χ1n) is 5.77. The lowest BCUT2D eigenvalue weighted by atomic mass is 10.2. The van der Waals surface area contributed by atoms with Gasteiger partial charge < -0.3 is 14.7 Å². The summed E-state index contributed by atoms with van der Waals surface area (Å²) in [6.45, 7) is 5.45. The van der Waals surface area contributed by atoms with Crippen LogP contribution in [0, 0.1) is 10.1 Å². The zero-order valence-electron chi connectivity index (χ0n) is 10.4. The van der Waals surface area contributed by atoms with Crippen LogP contribution >= 0.6 is 0 Å². The monoisotopic (exact) mass is 249 g/mol.